The molecule has 4 aliphatic carbocycles. The smallest absolute Gasteiger partial charge is 0.311 e. The molecule has 4 rings (SSSR count). The molecule has 0 aromatic rings. The largest absolute Gasteiger partial charge is 0.469 e. The van der Waals surface area contributed by atoms with Crippen LogP contribution in [0.5, 0.6) is 0 Å². The van der Waals surface area contributed by atoms with Gasteiger partial charge in [0.05, 0.1) is 18.6 Å². The Morgan fingerprint density at radius 2 is 2.00 bits per heavy atom. The van der Waals surface area contributed by atoms with Crippen molar-refractivity contribution in [1.29, 1.82) is 0 Å². The van der Waals surface area contributed by atoms with Gasteiger partial charge >= 0.3 is 5.97 Å². The highest BCUT2D eigenvalue weighted by molar-refractivity contribution is 5.77. The quantitative estimate of drug-likeness (QED) is 0.581. The maximum atomic E-state index is 12.7. The van der Waals surface area contributed by atoms with E-state index in [9.17, 15) is 9.90 Å². The molecule has 0 heterocycles. The summed E-state index contributed by atoms with van der Waals surface area (Å²) >= 11 is 0. The summed E-state index contributed by atoms with van der Waals surface area (Å²) in [6.07, 6.45) is 8.26. The van der Waals surface area contributed by atoms with Crippen molar-refractivity contribution < 1.29 is 14.6 Å². The van der Waals surface area contributed by atoms with Crippen molar-refractivity contribution in [3.8, 4) is 0 Å². The van der Waals surface area contributed by atoms with Gasteiger partial charge in [-0.25, -0.2) is 0 Å². The number of carbonyl (C=O) groups excluding carboxylic acids is 1. The minimum atomic E-state index is -0.546. The molecule has 134 valence electrons. The second-order valence-electron chi connectivity index (χ2n) is 9.75. The minimum absolute atomic E-state index is 0.0206. The summed E-state index contributed by atoms with van der Waals surface area (Å²) in [4.78, 5) is 12.7. The van der Waals surface area contributed by atoms with Crippen molar-refractivity contribution in [1.82, 2.24) is 0 Å². The first-order chi connectivity index (χ1) is 11.3. The Balaban J connectivity index is 1.78. The highest BCUT2D eigenvalue weighted by Crippen LogP contribution is 2.72. The van der Waals surface area contributed by atoms with E-state index in [-0.39, 0.29) is 22.7 Å². The van der Waals surface area contributed by atoms with Gasteiger partial charge < -0.3 is 9.84 Å². The van der Waals surface area contributed by atoms with Crippen LogP contribution in [0.2, 0.25) is 0 Å². The van der Waals surface area contributed by atoms with Crippen LogP contribution >= 0.6 is 0 Å². The Morgan fingerprint density at radius 3 is 2.71 bits per heavy atom. The number of hydrogen-bond donors (Lipinski definition) is 1. The van der Waals surface area contributed by atoms with Crippen molar-refractivity contribution in [3.05, 3.63) is 12.2 Å². The lowest BCUT2D eigenvalue weighted by Gasteiger charge is -2.64. The van der Waals surface area contributed by atoms with Gasteiger partial charge in [0, 0.05) is 5.92 Å². The Morgan fingerprint density at radius 1 is 1.25 bits per heavy atom. The first-order valence-corrected chi connectivity index (χ1v) is 9.71. The Kier molecular flexibility index (Phi) is 3.53. The fraction of sp³-hybridized carbons (Fsp3) is 0.857. The monoisotopic (exact) mass is 332 g/mol. The third-order valence-electron chi connectivity index (χ3n) is 8.61. The van der Waals surface area contributed by atoms with E-state index >= 15 is 0 Å². The summed E-state index contributed by atoms with van der Waals surface area (Å²) in [5.74, 6) is 1.17. The molecule has 1 spiro atoms. The molecule has 0 radical (unpaired) electrons. The first kappa shape index (κ1) is 16.6. The molecule has 2 bridgehead atoms. The van der Waals surface area contributed by atoms with E-state index in [1.807, 2.05) is 6.92 Å². The average Bonchev–Trinajstić information content (AvgIpc) is 2.74. The Hall–Kier alpha value is -0.830. The number of esters is 1. The molecule has 2 unspecified atom stereocenters. The lowest BCUT2D eigenvalue weighted by Crippen LogP contribution is -2.63. The van der Waals surface area contributed by atoms with Gasteiger partial charge in [0.15, 0.2) is 0 Å². The number of aliphatic hydroxyl groups excluding tert-OH is 1. The average molecular weight is 332 g/mol. The van der Waals surface area contributed by atoms with E-state index in [0.717, 1.165) is 32.1 Å². The molecular weight excluding hydrogens is 300 g/mol. The van der Waals surface area contributed by atoms with Crippen LogP contribution in [0.25, 0.3) is 0 Å². The van der Waals surface area contributed by atoms with Crippen LogP contribution in [-0.2, 0) is 9.53 Å². The number of hydrogen-bond acceptors (Lipinski definition) is 3. The summed E-state index contributed by atoms with van der Waals surface area (Å²) in [6, 6.07) is 0. The van der Waals surface area contributed by atoms with E-state index in [0.29, 0.717) is 11.8 Å². The molecule has 4 fully saturated rings. The summed E-state index contributed by atoms with van der Waals surface area (Å²) < 4.78 is 5.18. The van der Waals surface area contributed by atoms with Crippen LogP contribution in [0.3, 0.4) is 0 Å². The molecule has 1 N–H and O–H groups in total. The lowest BCUT2D eigenvalue weighted by atomic mass is 9.40. The minimum Gasteiger partial charge on any atom is -0.469 e. The van der Waals surface area contributed by atoms with Crippen LogP contribution in [0.4, 0.5) is 0 Å². The predicted molar refractivity (Wildman–Crippen MR) is 93.2 cm³/mol. The molecule has 0 saturated heterocycles. The Labute approximate surface area is 145 Å². The summed E-state index contributed by atoms with van der Waals surface area (Å²) in [5.41, 5.74) is 1.14. The molecule has 0 aliphatic heterocycles. The normalized spacial score (nSPS) is 53.2. The summed E-state index contributed by atoms with van der Waals surface area (Å²) in [7, 11) is 1.49. The van der Waals surface area contributed by atoms with Crippen molar-refractivity contribution in [2.24, 2.45) is 34.0 Å². The molecular formula is C21H32O3. The molecule has 0 amide bonds. The number of rotatable bonds is 1. The van der Waals surface area contributed by atoms with Gasteiger partial charge in [0.2, 0.25) is 0 Å². The second kappa shape index (κ2) is 5.09. The van der Waals surface area contributed by atoms with E-state index in [1.165, 1.54) is 31.9 Å². The lowest BCUT2D eigenvalue weighted by molar-refractivity contribution is -0.213. The van der Waals surface area contributed by atoms with Gasteiger partial charge in [0.1, 0.15) is 0 Å². The number of ether oxygens (including phenoxy) is 1. The molecule has 3 nitrogen and oxygen atoms in total. The number of methoxy groups -OCH3 is 1. The van der Waals surface area contributed by atoms with Crippen molar-refractivity contribution in [2.45, 2.75) is 71.3 Å². The van der Waals surface area contributed by atoms with E-state index < -0.39 is 11.5 Å². The second-order valence-corrected chi connectivity index (χ2v) is 9.75. The Bertz CT molecular complexity index is 584. The molecule has 24 heavy (non-hydrogen) atoms. The highest BCUT2D eigenvalue weighted by atomic mass is 16.5. The molecule has 4 aliphatic rings. The van der Waals surface area contributed by atoms with Crippen LogP contribution in [0, 0.1) is 34.0 Å². The van der Waals surface area contributed by atoms with E-state index in [1.54, 1.807) is 0 Å². The number of carbonyl (C=O) groups is 1. The molecule has 3 heteroatoms. The third-order valence-corrected chi connectivity index (χ3v) is 8.61. The van der Waals surface area contributed by atoms with Crippen LogP contribution in [0.1, 0.15) is 65.2 Å². The maximum Gasteiger partial charge on any atom is 0.311 e. The third kappa shape index (κ3) is 1.91. The van der Waals surface area contributed by atoms with E-state index in [2.05, 4.69) is 13.5 Å². The van der Waals surface area contributed by atoms with Gasteiger partial charge in [0.25, 0.3) is 0 Å². The fourth-order valence-electron chi connectivity index (χ4n) is 8.00. The van der Waals surface area contributed by atoms with Gasteiger partial charge in [-0.15, -0.1) is 0 Å². The highest BCUT2D eigenvalue weighted by Gasteiger charge is 2.67. The molecule has 7 atom stereocenters. The zero-order valence-corrected chi connectivity index (χ0v) is 15.4. The van der Waals surface area contributed by atoms with Gasteiger partial charge in [-0.05, 0) is 74.5 Å². The van der Waals surface area contributed by atoms with Crippen molar-refractivity contribution in [2.75, 3.05) is 7.11 Å². The fourth-order valence-corrected chi connectivity index (χ4v) is 8.00. The van der Waals surface area contributed by atoms with Gasteiger partial charge in [-0.1, -0.05) is 25.5 Å². The van der Waals surface area contributed by atoms with Gasteiger partial charge in [-0.2, -0.15) is 0 Å². The molecule has 0 aromatic carbocycles. The van der Waals surface area contributed by atoms with E-state index in [4.69, 9.17) is 4.74 Å². The van der Waals surface area contributed by atoms with Crippen LogP contribution in [-0.4, -0.2) is 24.3 Å². The standard InChI is InChI=1S/C21H32O3/c1-13-10-21-11-14(13)6-7-16(21)19(2)8-5-9-20(3,18(23)24-4)17(19)15(22)12-21/h14-17,22H,1,5-12H2,2-4H3/t14?,15-,16-,17-,19-,20+,21?/m0/s1. The molecule has 4 saturated carbocycles. The summed E-state index contributed by atoms with van der Waals surface area (Å²) in [5, 5.41) is 11.3. The number of aliphatic hydroxyl groups is 1. The zero-order valence-electron chi connectivity index (χ0n) is 15.4. The zero-order chi connectivity index (χ0) is 17.3. The van der Waals surface area contributed by atoms with Gasteiger partial charge in [-0.3, -0.25) is 4.79 Å². The predicted octanol–water partition coefficient (Wildman–Crippen LogP) is 4.10. The SMILES string of the molecule is C=C1CC23CC1CC[C@H]2[C@]1(C)CCC[C@@](C)(C(=O)OC)[C@H]1[C@@H](O)C3. The topological polar surface area (TPSA) is 46.5 Å². The first-order valence-electron chi connectivity index (χ1n) is 9.71. The van der Waals surface area contributed by atoms with Crippen LogP contribution in [0.15, 0.2) is 12.2 Å². The maximum absolute atomic E-state index is 12.7. The summed E-state index contributed by atoms with van der Waals surface area (Å²) in [6.45, 7) is 8.76. The van der Waals surface area contributed by atoms with Crippen LogP contribution < -0.4 is 0 Å². The van der Waals surface area contributed by atoms with Crippen molar-refractivity contribution in [3.63, 3.8) is 0 Å². The number of fused-ring (bicyclic) bond motifs is 3. The van der Waals surface area contributed by atoms with Crippen molar-refractivity contribution >= 4 is 5.97 Å². The molecule has 0 aromatic heterocycles. The number of allylic oxidation sites excluding steroid dienone is 1.